The van der Waals surface area contributed by atoms with Crippen molar-refractivity contribution in [2.75, 3.05) is 11.4 Å². The topological polar surface area (TPSA) is 106 Å². The number of carbonyl (C=O) groups excluding carboxylic acids is 1. The van der Waals surface area contributed by atoms with Crippen molar-refractivity contribution in [3.05, 3.63) is 60.2 Å². The summed E-state index contributed by atoms with van der Waals surface area (Å²) in [4.78, 5) is 14.6. The first-order valence-electron chi connectivity index (χ1n) is 8.74. The molecule has 0 aliphatic heterocycles. The number of anilines is 1. The van der Waals surface area contributed by atoms with Crippen LogP contribution in [0.1, 0.15) is 30.1 Å². The van der Waals surface area contributed by atoms with E-state index in [2.05, 4.69) is 17.1 Å². The van der Waals surface area contributed by atoms with Crippen LogP contribution < -0.4 is 10.0 Å². The van der Waals surface area contributed by atoms with E-state index in [0.717, 1.165) is 12.8 Å². The normalized spacial score (nSPS) is 11.4. The average Bonchev–Trinajstić information content (AvgIpc) is 3.18. The van der Waals surface area contributed by atoms with Crippen LogP contribution in [0, 0.1) is 0 Å². The van der Waals surface area contributed by atoms with Crippen LogP contribution in [0.25, 0.3) is 10.6 Å². The minimum atomic E-state index is -3.75. The van der Waals surface area contributed by atoms with E-state index in [1.165, 1.54) is 23.5 Å². The molecule has 0 spiro atoms. The fourth-order valence-corrected chi connectivity index (χ4v) is 3.96. The van der Waals surface area contributed by atoms with Crippen LogP contribution >= 0.6 is 11.3 Å². The van der Waals surface area contributed by atoms with Crippen molar-refractivity contribution in [1.82, 2.24) is 10.2 Å². The number of rotatable bonds is 7. The number of hydrogen-bond donors (Lipinski definition) is 1. The summed E-state index contributed by atoms with van der Waals surface area (Å²) in [6.07, 6.45) is 1.79. The molecule has 0 aliphatic rings. The highest BCUT2D eigenvalue weighted by molar-refractivity contribution is 7.89. The lowest BCUT2D eigenvalue weighted by Gasteiger charge is -2.19. The zero-order valence-electron chi connectivity index (χ0n) is 15.3. The van der Waals surface area contributed by atoms with Crippen molar-refractivity contribution in [1.29, 1.82) is 0 Å². The van der Waals surface area contributed by atoms with Gasteiger partial charge in [0.15, 0.2) is 0 Å². The third-order valence-electron chi connectivity index (χ3n) is 4.08. The summed E-state index contributed by atoms with van der Waals surface area (Å²) in [5.74, 6) is -0.124. The molecule has 3 rings (SSSR count). The van der Waals surface area contributed by atoms with Crippen molar-refractivity contribution in [3.63, 3.8) is 0 Å². The molecule has 0 atom stereocenters. The minimum Gasteiger partial charge on any atom is -0.283 e. The van der Waals surface area contributed by atoms with Crippen LogP contribution in [-0.2, 0) is 10.0 Å². The van der Waals surface area contributed by atoms with Crippen molar-refractivity contribution in [3.8, 4) is 10.6 Å². The number of unbranched alkanes of at least 4 members (excludes halogenated alkanes) is 1. The first kappa shape index (κ1) is 20.1. The van der Waals surface area contributed by atoms with Gasteiger partial charge in [-0.3, -0.25) is 9.69 Å². The number of hydrogen-bond acceptors (Lipinski definition) is 6. The minimum absolute atomic E-state index is 0.0322. The maximum Gasteiger partial charge on any atom is 0.260 e. The van der Waals surface area contributed by atoms with Gasteiger partial charge >= 0.3 is 0 Å². The van der Waals surface area contributed by atoms with Gasteiger partial charge in [-0.2, -0.15) is 0 Å². The number of aromatic nitrogens is 2. The molecule has 2 aromatic carbocycles. The predicted molar refractivity (Wildman–Crippen MR) is 110 cm³/mol. The van der Waals surface area contributed by atoms with Gasteiger partial charge in [0.2, 0.25) is 15.2 Å². The van der Waals surface area contributed by atoms with Crippen molar-refractivity contribution in [2.45, 2.75) is 24.7 Å². The van der Waals surface area contributed by atoms with Crippen molar-refractivity contribution >= 4 is 32.4 Å². The maximum atomic E-state index is 12.9. The first-order valence-corrected chi connectivity index (χ1v) is 11.1. The SMILES string of the molecule is CCCCN(C(=O)c1ccccc1)c1nnc(-c2ccc(S(N)(=O)=O)cc2)s1. The van der Waals surface area contributed by atoms with Gasteiger partial charge in [0.1, 0.15) is 5.01 Å². The predicted octanol–water partition coefficient (Wildman–Crippen LogP) is 3.30. The molecule has 1 amide bonds. The lowest BCUT2D eigenvalue weighted by Crippen LogP contribution is -2.31. The number of amides is 1. The molecule has 2 N–H and O–H groups in total. The number of nitrogens with zero attached hydrogens (tertiary/aromatic N) is 3. The smallest absolute Gasteiger partial charge is 0.260 e. The quantitative estimate of drug-likeness (QED) is 0.636. The van der Waals surface area contributed by atoms with Gasteiger partial charge in [0, 0.05) is 17.7 Å². The van der Waals surface area contributed by atoms with Gasteiger partial charge in [-0.1, -0.05) is 55.0 Å². The second kappa shape index (κ2) is 8.59. The third-order valence-corrected chi connectivity index (χ3v) is 6.00. The van der Waals surface area contributed by atoms with Crippen LogP contribution in [0.5, 0.6) is 0 Å². The Balaban J connectivity index is 1.89. The van der Waals surface area contributed by atoms with Gasteiger partial charge in [0.05, 0.1) is 4.90 Å². The molecule has 1 aromatic heterocycles. The molecule has 0 unspecified atom stereocenters. The molecular weight excluding hydrogens is 396 g/mol. The Morgan fingerprint density at radius 3 is 2.36 bits per heavy atom. The Hall–Kier alpha value is -2.62. The zero-order chi connectivity index (χ0) is 20.1. The summed E-state index contributed by atoms with van der Waals surface area (Å²) >= 11 is 1.28. The summed E-state index contributed by atoms with van der Waals surface area (Å²) < 4.78 is 22.8. The molecular formula is C19H20N4O3S2. The van der Waals surface area contributed by atoms with Gasteiger partial charge in [-0.25, -0.2) is 13.6 Å². The van der Waals surface area contributed by atoms with Crippen LogP contribution in [0.4, 0.5) is 5.13 Å². The fraction of sp³-hybridized carbons (Fsp3) is 0.211. The maximum absolute atomic E-state index is 12.9. The average molecular weight is 417 g/mol. The highest BCUT2D eigenvalue weighted by Crippen LogP contribution is 2.30. The number of carbonyl (C=O) groups is 1. The summed E-state index contributed by atoms with van der Waals surface area (Å²) in [5, 5.41) is 14.6. The monoisotopic (exact) mass is 416 g/mol. The van der Waals surface area contributed by atoms with Gasteiger partial charge in [-0.05, 0) is 30.7 Å². The van der Waals surface area contributed by atoms with Crippen LogP contribution in [0.15, 0.2) is 59.5 Å². The number of nitrogens with two attached hydrogens (primary N) is 1. The third kappa shape index (κ3) is 4.61. The molecule has 0 fully saturated rings. The molecule has 0 saturated heterocycles. The molecule has 146 valence electrons. The van der Waals surface area contributed by atoms with E-state index in [4.69, 9.17) is 5.14 Å². The van der Waals surface area contributed by atoms with E-state index in [9.17, 15) is 13.2 Å². The molecule has 9 heteroatoms. The second-order valence-electron chi connectivity index (χ2n) is 6.14. The van der Waals surface area contributed by atoms with Crippen LogP contribution in [0.3, 0.4) is 0 Å². The fourth-order valence-electron chi connectivity index (χ4n) is 2.57. The van der Waals surface area contributed by atoms with Crippen molar-refractivity contribution < 1.29 is 13.2 Å². The van der Waals surface area contributed by atoms with E-state index in [1.54, 1.807) is 29.2 Å². The Labute approximate surface area is 167 Å². The molecule has 7 nitrogen and oxygen atoms in total. The van der Waals surface area contributed by atoms with Crippen LogP contribution in [0.2, 0.25) is 0 Å². The van der Waals surface area contributed by atoms with E-state index in [-0.39, 0.29) is 10.8 Å². The van der Waals surface area contributed by atoms with Crippen LogP contribution in [-0.4, -0.2) is 31.1 Å². The Kier molecular flexibility index (Phi) is 6.18. The molecule has 0 aliphatic carbocycles. The van der Waals surface area contributed by atoms with Gasteiger partial charge in [0.25, 0.3) is 5.91 Å². The lowest BCUT2D eigenvalue weighted by atomic mass is 10.2. The number of sulfonamides is 1. The Bertz CT molecular complexity index is 1050. The summed E-state index contributed by atoms with van der Waals surface area (Å²) in [6, 6.07) is 15.2. The summed E-state index contributed by atoms with van der Waals surface area (Å²) in [5.41, 5.74) is 1.30. The molecule has 28 heavy (non-hydrogen) atoms. The Morgan fingerprint density at radius 2 is 1.75 bits per heavy atom. The second-order valence-corrected chi connectivity index (χ2v) is 8.65. The summed E-state index contributed by atoms with van der Waals surface area (Å²) in [7, 11) is -3.75. The standard InChI is InChI=1S/C19H20N4O3S2/c1-2-3-13-23(18(24)15-7-5-4-6-8-15)19-22-21-17(27-19)14-9-11-16(12-10-14)28(20,25)26/h4-12H,2-3,13H2,1H3,(H2,20,25,26). The van der Waals surface area contributed by atoms with Gasteiger partial charge in [-0.15, -0.1) is 10.2 Å². The number of primary sulfonamides is 1. The zero-order valence-corrected chi connectivity index (χ0v) is 16.9. The molecule has 0 saturated carbocycles. The Morgan fingerprint density at radius 1 is 1.07 bits per heavy atom. The molecule has 3 aromatic rings. The molecule has 1 heterocycles. The molecule has 0 bridgehead atoms. The largest absolute Gasteiger partial charge is 0.283 e. The van der Waals surface area contributed by atoms with E-state index >= 15 is 0 Å². The van der Waals surface area contributed by atoms with E-state index in [0.29, 0.717) is 27.8 Å². The highest BCUT2D eigenvalue weighted by atomic mass is 32.2. The lowest BCUT2D eigenvalue weighted by molar-refractivity contribution is 0.0986. The highest BCUT2D eigenvalue weighted by Gasteiger charge is 2.21. The van der Waals surface area contributed by atoms with Gasteiger partial charge < -0.3 is 0 Å². The van der Waals surface area contributed by atoms with E-state index in [1.807, 2.05) is 18.2 Å². The van der Waals surface area contributed by atoms with E-state index < -0.39 is 10.0 Å². The first-order chi connectivity index (χ1) is 13.4. The van der Waals surface area contributed by atoms with Crippen molar-refractivity contribution in [2.24, 2.45) is 5.14 Å². The summed E-state index contributed by atoms with van der Waals surface area (Å²) in [6.45, 7) is 2.60. The molecule has 0 radical (unpaired) electrons. The number of benzene rings is 2.